The minimum Gasteiger partial charge on any atom is -0.355 e. The van der Waals surface area contributed by atoms with Crippen LogP contribution in [0.5, 0.6) is 0 Å². The molecule has 0 aliphatic heterocycles. The van der Waals surface area contributed by atoms with Gasteiger partial charge >= 0.3 is 0 Å². The molecule has 0 saturated carbocycles. The van der Waals surface area contributed by atoms with Gasteiger partial charge in [-0.2, -0.15) is 0 Å². The lowest BCUT2D eigenvalue weighted by atomic mass is 10.0. The van der Waals surface area contributed by atoms with E-state index in [1.54, 1.807) is 55.5 Å². The van der Waals surface area contributed by atoms with E-state index in [1.165, 1.54) is 4.90 Å². The van der Waals surface area contributed by atoms with Crippen molar-refractivity contribution >= 4 is 55.1 Å². The maximum absolute atomic E-state index is 13.9. The maximum Gasteiger partial charge on any atom is 0.244 e. The van der Waals surface area contributed by atoms with Gasteiger partial charge in [0.15, 0.2) is 0 Å². The van der Waals surface area contributed by atoms with Gasteiger partial charge in [-0.25, -0.2) is 8.42 Å². The van der Waals surface area contributed by atoms with Crippen molar-refractivity contribution in [1.82, 2.24) is 10.2 Å². The van der Waals surface area contributed by atoms with Crippen LogP contribution in [0.15, 0.2) is 83.3 Å². The first-order valence-electron chi connectivity index (χ1n) is 11.7. The van der Waals surface area contributed by atoms with Gasteiger partial charge in [-0.3, -0.25) is 13.9 Å². The molecule has 2 amide bonds. The second kappa shape index (κ2) is 13.1. The average molecular weight is 607 g/mol. The second-order valence-corrected chi connectivity index (χ2v) is 11.6. The molecule has 3 aromatic carbocycles. The molecule has 3 rings (SSSR count). The molecule has 196 valence electrons. The molecule has 0 saturated heterocycles. The first-order valence-corrected chi connectivity index (χ1v) is 14.7. The molecule has 0 aliphatic rings. The highest BCUT2D eigenvalue weighted by Crippen LogP contribution is 2.28. The fourth-order valence-electron chi connectivity index (χ4n) is 3.90. The van der Waals surface area contributed by atoms with Crippen molar-refractivity contribution in [2.24, 2.45) is 0 Å². The summed E-state index contributed by atoms with van der Waals surface area (Å²) >= 11 is 9.81. The van der Waals surface area contributed by atoms with Crippen LogP contribution in [-0.4, -0.2) is 50.5 Å². The number of halogens is 2. The Morgan fingerprint density at radius 3 is 2.22 bits per heavy atom. The summed E-state index contributed by atoms with van der Waals surface area (Å²) in [4.78, 5) is 28.6. The molecule has 3 aromatic rings. The van der Waals surface area contributed by atoms with E-state index in [1.807, 2.05) is 30.3 Å². The third-order valence-electron chi connectivity index (χ3n) is 5.72. The fourth-order valence-corrected chi connectivity index (χ4v) is 5.58. The Labute approximate surface area is 231 Å². The first kappa shape index (κ1) is 28.7. The average Bonchev–Trinajstić information content (AvgIpc) is 2.86. The zero-order valence-corrected chi connectivity index (χ0v) is 23.8. The number of carbonyl (C=O) groups is 2. The lowest BCUT2D eigenvalue weighted by Gasteiger charge is -2.33. The third-order valence-corrected chi connectivity index (χ3v) is 7.89. The highest BCUT2D eigenvalue weighted by Gasteiger charge is 2.33. The molecular weight excluding hydrogens is 578 g/mol. The molecule has 0 fully saturated rings. The fraction of sp³-hybridized carbons (Fsp3) is 0.259. The number of anilines is 1. The number of sulfonamides is 1. The molecule has 0 spiro atoms. The number of nitrogens with one attached hydrogen (secondary N) is 1. The number of carbonyl (C=O) groups excluding carboxylic acids is 2. The van der Waals surface area contributed by atoms with Crippen LogP contribution in [0.25, 0.3) is 0 Å². The van der Waals surface area contributed by atoms with Crippen molar-refractivity contribution < 1.29 is 18.0 Å². The van der Waals surface area contributed by atoms with E-state index < -0.39 is 28.5 Å². The molecule has 7 nitrogen and oxygen atoms in total. The van der Waals surface area contributed by atoms with Gasteiger partial charge < -0.3 is 10.2 Å². The topological polar surface area (TPSA) is 86.8 Å². The van der Waals surface area contributed by atoms with Crippen LogP contribution in [0.4, 0.5) is 5.69 Å². The smallest absolute Gasteiger partial charge is 0.244 e. The van der Waals surface area contributed by atoms with Gasteiger partial charge in [0.2, 0.25) is 21.8 Å². The summed E-state index contributed by atoms with van der Waals surface area (Å²) in [5.74, 6) is -0.869. The summed E-state index contributed by atoms with van der Waals surface area (Å²) in [7, 11) is -3.84. The molecule has 0 aromatic heterocycles. The number of para-hydroxylation sites is 1. The summed E-state index contributed by atoms with van der Waals surface area (Å²) in [6, 6.07) is 22.3. The zero-order chi connectivity index (χ0) is 27.0. The van der Waals surface area contributed by atoms with Gasteiger partial charge in [0, 0.05) is 29.0 Å². The van der Waals surface area contributed by atoms with Crippen LogP contribution < -0.4 is 9.62 Å². The van der Waals surface area contributed by atoms with Crippen molar-refractivity contribution in [3.05, 3.63) is 99.5 Å². The molecular formula is C27H29BrClN3O4S. The molecule has 1 atom stereocenters. The number of hydrogen-bond donors (Lipinski definition) is 1. The summed E-state index contributed by atoms with van der Waals surface area (Å²) in [5.41, 5.74) is 1.84. The molecule has 10 heteroatoms. The number of likely N-dealkylation sites (N-methyl/N-ethyl adjacent to an activating group) is 1. The molecule has 0 heterocycles. The molecule has 0 radical (unpaired) electrons. The van der Waals surface area contributed by atoms with Crippen LogP contribution in [0.3, 0.4) is 0 Å². The number of rotatable bonds is 11. The standard InChI is InChI=1S/C27H29BrClN3O4S/c1-3-30-27(34)25(17-20-11-5-4-6-12-20)31(18-21-13-7-9-15-23(21)29)26(33)19-32(37(2,35)36)24-16-10-8-14-22(24)28/h4-16,25H,3,17-19H2,1-2H3,(H,30,34)/t25-/m0/s1. The lowest BCUT2D eigenvalue weighted by molar-refractivity contribution is -0.140. The first-order chi connectivity index (χ1) is 17.6. The normalized spacial score (nSPS) is 12.0. The number of amides is 2. The van der Waals surface area contributed by atoms with Crippen molar-refractivity contribution in [3.63, 3.8) is 0 Å². The van der Waals surface area contributed by atoms with E-state index in [0.29, 0.717) is 27.3 Å². The number of benzene rings is 3. The van der Waals surface area contributed by atoms with Gasteiger partial charge in [0.05, 0.1) is 11.9 Å². The number of hydrogen-bond acceptors (Lipinski definition) is 4. The Kier molecular flexibility index (Phi) is 10.1. The highest BCUT2D eigenvalue weighted by atomic mass is 79.9. The summed E-state index contributed by atoms with van der Waals surface area (Å²) in [5, 5.41) is 3.27. The minimum absolute atomic E-state index is 0.0285. The monoisotopic (exact) mass is 605 g/mol. The molecule has 1 N–H and O–H groups in total. The van der Waals surface area contributed by atoms with E-state index in [-0.39, 0.29) is 18.9 Å². The summed E-state index contributed by atoms with van der Waals surface area (Å²) < 4.78 is 27.1. The third kappa shape index (κ3) is 7.80. The van der Waals surface area contributed by atoms with Crippen LogP contribution in [0.1, 0.15) is 18.1 Å². The van der Waals surface area contributed by atoms with Crippen molar-refractivity contribution in [2.45, 2.75) is 25.9 Å². The summed E-state index contributed by atoms with van der Waals surface area (Å²) in [6.45, 7) is 1.72. The predicted molar refractivity (Wildman–Crippen MR) is 151 cm³/mol. The summed E-state index contributed by atoms with van der Waals surface area (Å²) in [6.07, 6.45) is 1.29. The Balaban J connectivity index is 2.06. The number of nitrogens with zero attached hydrogens (tertiary/aromatic N) is 2. The van der Waals surface area contributed by atoms with E-state index >= 15 is 0 Å². The Morgan fingerprint density at radius 2 is 1.59 bits per heavy atom. The van der Waals surface area contributed by atoms with Gasteiger partial charge in [-0.05, 0) is 52.2 Å². The van der Waals surface area contributed by atoms with Gasteiger partial charge in [-0.15, -0.1) is 0 Å². The quantitative estimate of drug-likeness (QED) is 0.345. The highest BCUT2D eigenvalue weighted by molar-refractivity contribution is 9.10. The molecule has 0 unspecified atom stereocenters. The minimum atomic E-state index is -3.84. The SMILES string of the molecule is CCNC(=O)[C@H](Cc1ccccc1)N(Cc1ccccc1Cl)C(=O)CN(c1ccccc1Br)S(C)(=O)=O. The van der Waals surface area contributed by atoms with Crippen molar-refractivity contribution in [3.8, 4) is 0 Å². The van der Waals surface area contributed by atoms with Gasteiger partial charge in [-0.1, -0.05) is 72.3 Å². The molecule has 0 bridgehead atoms. The van der Waals surface area contributed by atoms with E-state index in [2.05, 4.69) is 21.2 Å². The Morgan fingerprint density at radius 1 is 0.973 bits per heavy atom. The zero-order valence-electron chi connectivity index (χ0n) is 20.6. The van der Waals surface area contributed by atoms with Gasteiger partial charge in [0.25, 0.3) is 0 Å². The Bertz CT molecular complexity index is 1340. The maximum atomic E-state index is 13.9. The van der Waals surface area contributed by atoms with Crippen molar-refractivity contribution in [2.75, 3.05) is 23.7 Å². The Hall–Kier alpha value is -2.88. The largest absolute Gasteiger partial charge is 0.355 e. The molecule has 0 aliphatic carbocycles. The van der Waals surface area contributed by atoms with Crippen LogP contribution >= 0.6 is 27.5 Å². The van der Waals surface area contributed by atoms with Gasteiger partial charge in [0.1, 0.15) is 12.6 Å². The predicted octanol–water partition coefficient (Wildman–Crippen LogP) is 4.64. The van der Waals surface area contributed by atoms with E-state index in [4.69, 9.17) is 11.6 Å². The van der Waals surface area contributed by atoms with Crippen molar-refractivity contribution in [1.29, 1.82) is 0 Å². The lowest BCUT2D eigenvalue weighted by Crippen LogP contribution is -2.53. The second-order valence-electron chi connectivity index (χ2n) is 8.43. The molecule has 37 heavy (non-hydrogen) atoms. The van der Waals surface area contributed by atoms with Crippen LogP contribution in [0, 0.1) is 0 Å². The van der Waals surface area contributed by atoms with E-state index in [0.717, 1.165) is 16.1 Å². The van der Waals surface area contributed by atoms with Crippen LogP contribution in [0.2, 0.25) is 5.02 Å². The van der Waals surface area contributed by atoms with Crippen LogP contribution in [-0.2, 0) is 32.6 Å². The van der Waals surface area contributed by atoms with E-state index in [9.17, 15) is 18.0 Å².